The Balaban J connectivity index is 1.81. The molecule has 0 spiro atoms. The van der Waals surface area contributed by atoms with Crippen LogP contribution in [0.25, 0.3) is 0 Å². The highest BCUT2D eigenvalue weighted by atomic mass is 16.3. The third-order valence-electron chi connectivity index (χ3n) is 3.91. The Labute approximate surface area is 112 Å². The van der Waals surface area contributed by atoms with Gasteiger partial charge in [-0.3, -0.25) is 0 Å². The Hall–Kier alpha value is -1.81. The van der Waals surface area contributed by atoms with Gasteiger partial charge in [-0.2, -0.15) is 0 Å². The van der Waals surface area contributed by atoms with Crippen LogP contribution in [0.5, 0.6) is 5.75 Å². The van der Waals surface area contributed by atoms with Gasteiger partial charge in [0.2, 0.25) is 0 Å². The van der Waals surface area contributed by atoms with E-state index in [0.29, 0.717) is 11.8 Å². The molecule has 2 unspecified atom stereocenters. The predicted molar refractivity (Wildman–Crippen MR) is 73.9 cm³/mol. The van der Waals surface area contributed by atoms with E-state index in [1.54, 1.807) is 12.3 Å². The molecule has 100 valence electrons. The molecular formula is C15H19N3O. The lowest BCUT2D eigenvalue weighted by atomic mass is 10.1. The van der Waals surface area contributed by atoms with Crippen molar-refractivity contribution < 1.29 is 5.11 Å². The van der Waals surface area contributed by atoms with Gasteiger partial charge in [-0.25, -0.2) is 4.98 Å². The summed E-state index contributed by atoms with van der Waals surface area (Å²) in [5, 5.41) is 13.5. The van der Waals surface area contributed by atoms with Crippen LogP contribution in [0.4, 0.5) is 0 Å². The molecule has 1 heterocycles. The lowest BCUT2D eigenvalue weighted by Gasteiger charge is -2.21. The zero-order chi connectivity index (χ0) is 13.2. The SMILES string of the molecule is CCC(NC1CCc2c(O)cccc21)c1ncc[nH]1. The number of imidazole rings is 1. The second kappa shape index (κ2) is 5.05. The van der Waals surface area contributed by atoms with Crippen molar-refractivity contribution in [3.8, 4) is 5.75 Å². The standard InChI is InChI=1S/C15H19N3O/c1-2-12(15-16-8-9-17-15)18-13-7-6-11-10(13)4-3-5-14(11)19/h3-5,8-9,12-13,18-19H,2,6-7H2,1H3,(H,16,17). The van der Waals surface area contributed by atoms with Crippen molar-refractivity contribution in [2.75, 3.05) is 0 Å². The second-order valence-electron chi connectivity index (χ2n) is 5.04. The molecule has 1 aromatic heterocycles. The highest BCUT2D eigenvalue weighted by Crippen LogP contribution is 2.37. The topological polar surface area (TPSA) is 60.9 Å². The number of hydrogen-bond donors (Lipinski definition) is 3. The van der Waals surface area contributed by atoms with Crippen LogP contribution < -0.4 is 5.32 Å². The number of aromatic hydroxyl groups is 1. The molecule has 0 bridgehead atoms. The van der Waals surface area contributed by atoms with Gasteiger partial charge in [0, 0.05) is 18.4 Å². The molecule has 3 rings (SSSR count). The number of nitrogens with one attached hydrogen (secondary N) is 2. The van der Waals surface area contributed by atoms with E-state index in [1.807, 2.05) is 12.3 Å². The quantitative estimate of drug-likeness (QED) is 0.789. The van der Waals surface area contributed by atoms with Crippen LogP contribution in [0.3, 0.4) is 0 Å². The van der Waals surface area contributed by atoms with Gasteiger partial charge in [0.05, 0.1) is 6.04 Å². The molecule has 4 nitrogen and oxygen atoms in total. The lowest BCUT2D eigenvalue weighted by molar-refractivity contribution is 0.420. The molecule has 1 aromatic carbocycles. The summed E-state index contributed by atoms with van der Waals surface area (Å²) in [5.74, 6) is 1.41. The van der Waals surface area contributed by atoms with Crippen molar-refractivity contribution in [3.05, 3.63) is 47.5 Å². The van der Waals surface area contributed by atoms with Crippen LogP contribution in [-0.4, -0.2) is 15.1 Å². The molecule has 0 fully saturated rings. The third-order valence-corrected chi connectivity index (χ3v) is 3.91. The molecule has 1 aliphatic rings. The normalized spacial score (nSPS) is 19.3. The maximum atomic E-state index is 9.88. The van der Waals surface area contributed by atoms with Crippen molar-refractivity contribution in [2.45, 2.75) is 38.3 Å². The number of aromatic amines is 1. The van der Waals surface area contributed by atoms with E-state index in [-0.39, 0.29) is 6.04 Å². The smallest absolute Gasteiger partial charge is 0.123 e. The van der Waals surface area contributed by atoms with Gasteiger partial charge < -0.3 is 15.4 Å². The minimum absolute atomic E-state index is 0.230. The Morgan fingerprint density at radius 1 is 1.53 bits per heavy atom. The van der Waals surface area contributed by atoms with Gasteiger partial charge in [0.15, 0.2) is 0 Å². The molecular weight excluding hydrogens is 238 g/mol. The van der Waals surface area contributed by atoms with Crippen molar-refractivity contribution in [2.24, 2.45) is 0 Å². The first-order chi connectivity index (χ1) is 9.29. The van der Waals surface area contributed by atoms with Gasteiger partial charge in [0.1, 0.15) is 11.6 Å². The van der Waals surface area contributed by atoms with E-state index < -0.39 is 0 Å². The third kappa shape index (κ3) is 2.24. The average molecular weight is 257 g/mol. The number of fused-ring (bicyclic) bond motifs is 1. The van der Waals surface area contributed by atoms with Gasteiger partial charge in [-0.15, -0.1) is 0 Å². The zero-order valence-electron chi connectivity index (χ0n) is 11.1. The maximum Gasteiger partial charge on any atom is 0.123 e. The molecule has 0 aliphatic heterocycles. The molecule has 0 saturated heterocycles. The van der Waals surface area contributed by atoms with E-state index in [4.69, 9.17) is 0 Å². The summed E-state index contributed by atoms with van der Waals surface area (Å²) >= 11 is 0. The van der Waals surface area contributed by atoms with Crippen molar-refractivity contribution in [1.29, 1.82) is 0 Å². The van der Waals surface area contributed by atoms with Crippen molar-refractivity contribution >= 4 is 0 Å². The van der Waals surface area contributed by atoms with Crippen LogP contribution in [0.15, 0.2) is 30.6 Å². The molecule has 2 aromatic rings. The Morgan fingerprint density at radius 2 is 2.42 bits per heavy atom. The van der Waals surface area contributed by atoms with Crippen molar-refractivity contribution in [1.82, 2.24) is 15.3 Å². The number of aromatic nitrogens is 2. The first kappa shape index (κ1) is 12.2. The number of benzene rings is 1. The van der Waals surface area contributed by atoms with E-state index in [0.717, 1.165) is 30.7 Å². The molecule has 3 N–H and O–H groups in total. The van der Waals surface area contributed by atoms with Crippen LogP contribution >= 0.6 is 0 Å². The van der Waals surface area contributed by atoms with E-state index >= 15 is 0 Å². The second-order valence-corrected chi connectivity index (χ2v) is 5.04. The molecule has 2 atom stereocenters. The van der Waals surface area contributed by atoms with Gasteiger partial charge >= 0.3 is 0 Å². The summed E-state index contributed by atoms with van der Waals surface area (Å²) in [7, 11) is 0. The summed E-state index contributed by atoms with van der Waals surface area (Å²) in [4.78, 5) is 7.51. The minimum atomic E-state index is 0.230. The summed E-state index contributed by atoms with van der Waals surface area (Å²) in [6, 6.07) is 6.33. The highest BCUT2D eigenvalue weighted by Gasteiger charge is 2.27. The van der Waals surface area contributed by atoms with E-state index in [1.165, 1.54) is 5.56 Å². The number of phenols is 1. The predicted octanol–water partition coefficient (Wildman–Crippen LogP) is 2.84. The average Bonchev–Trinajstić information content (AvgIpc) is 3.06. The summed E-state index contributed by atoms with van der Waals surface area (Å²) < 4.78 is 0. The van der Waals surface area contributed by atoms with Crippen LogP contribution in [0.1, 0.15) is 48.8 Å². The number of phenolic OH excluding ortho intramolecular Hbond substituents is 1. The molecule has 0 saturated carbocycles. The number of nitrogens with zero attached hydrogens (tertiary/aromatic N) is 1. The lowest BCUT2D eigenvalue weighted by Crippen LogP contribution is -2.25. The molecule has 1 aliphatic carbocycles. The fourth-order valence-corrected chi connectivity index (χ4v) is 2.91. The Bertz CT molecular complexity index is 551. The van der Waals surface area contributed by atoms with E-state index in [9.17, 15) is 5.11 Å². The minimum Gasteiger partial charge on any atom is -0.508 e. The van der Waals surface area contributed by atoms with Crippen molar-refractivity contribution in [3.63, 3.8) is 0 Å². The molecule has 19 heavy (non-hydrogen) atoms. The summed E-state index contributed by atoms with van der Waals surface area (Å²) in [6.07, 6.45) is 6.60. The molecule has 0 radical (unpaired) electrons. The maximum absolute atomic E-state index is 9.88. The highest BCUT2D eigenvalue weighted by molar-refractivity contribution is 5.44. The number of H-pyrrole nitrogens is 1. The first-order valence-corrected chi connectivity index (χ1v) is 6.85. The molecule has 4 heteroatoms. The zero-order valence-corrected chi connectivity index (χ0v) is 11.1. The van der Waals surface area contributed by atoms with Crippen LogP contribution in [-0.2, 0) is 6.42 Å². The first-order valence-electron chi connectivity index (χ1n) is 6.85. The van der Waals surface area contributed by atoms with Crippen LogP contribution in [0.2, 0.25) is 0 Å². The Kier molecular flexibility index (Phi) is 3.25. The number of hydrogen-bond acceptors (Lipinski definition) is 3. The fraction of sp³-hybridized carbons (Fsp3) is 0.400. The van der Waals surface area contributed by atoms with Gasteiger partial charge in [-0.05, 0) is 36.5 Å². The summed E-state index contributed by atoms with van der Waals surface area (Å²) in [5.41, 5.74) is 2.32. The van der Waals surface area contributed by atoms with E-state index in [2.05, 4.69) is 28.3 Å². The largest absolute Gasteiger partial charge is 0.508 e. The van der Waals surface area contributed by atoms with Gasteiger partial charge in [-0.1, -0.05) is 19.1 Å². The molecule has 0 amide bonds. The number of rotatable bonds is 4. The summed E-state index contributed by atoms with van der Waals surface area (Å²) in [6.45, 7) is 2.15. The monoisotopic (exact) mass is 257 g/mol. The van der Waals surface area contributed by atoms with Crippen LogP contribution in [0, 0.1) is 0 Å². The fourth-order valence-electron chi connectivity index (χ4n) is 2.91. The van der Waals surface area contributed by atoms with Gasteiger partial charge in [0.25, 0.3) is 0 Å². The Morgan fingerprint density at radius 3 is 3.16 bits per heavy atom.